The lowest BCUT2D eigenvalue weighted by molar-refractivity contribution is 0.0232. The molecule has 2 rings (SSSR count). The minimum Gasteiger partial charge on any atom is -0.478 e. The molecule has 0 saturated heterocycles. The van der Waals surface area contributed by atoms with Crippen molar-refractivity contribution in [3.8, 4) is 0 Å². The molecule has 7 heteroatoms. The first-order chi connectivity index (χ1) is 11.7. The van der Waals surface area contributed by atoms with Gasteiger partial charge in [0.05, 0.1) is 17.6 Å². The van der Waals surface area contributed by atoms with Gasteiger partial charge >= 0.3 is 12.1 Å². The van der Waals surface area contributed by atoms with E-state index in [0.29, 0.717) is 29.8 Å². The number of imidazole rings is 1. The molecule has 25 heavy (non-hydrogen) atoms. The number of carbonyl (C=O) groups is 2. The molecule has 1 aromatic carbocycles. The van der Waals surface area contributed by atoms with E-state index < -0.39 is 17.7 Å². The number of amides is 1. The molecule has 2 aromatic rings. The van der Waals surface area contributed by atoms with E-state index in [-0.39, 0.29) is 12.1 Å². The Labute approximate surface area is 146 Å². The van der Waals surface area contributed by atoms with Gasteiger partial charge in [0.15, 0.2) is 0 Å². The van der Waals surface area contributed by atoms with E-state index in [0.717, 1.165) is 0 Å². The standard InChI is InChI=1S/C18H23N3O4/c1-5-6-10-21(17(24)25-18(2,3)4)11-14-19-13-9-7-8-12(16(22)23)15(13)20-14/h5,7-9H,1,6,10-11H2,2-4H3,(H,19,20)(H,22,23). The van der Waals surface area contributed by atoms with E-state index in [1.807, 2.05) is 0 Å². The number of nitrogens with one attached hydrogen (secondary N) is 1. The van der Waals surface area contributed by atoms with Crippen LogP contribution in [0.25, 0.3) is 11.0 Å². The monoisotopic (exact) mass is 345 g/mol. The average molecular weight is 345 g/mol. The van der Waals surface area contributed by atoms with Crippen LogP contribution in [0.1, 0.15) is 43.4 Å². The molecule has 1 heterocycles. The van der Waals surface area contributed by atoms with E-state index in [9.17, 15) is 14.7 Å². The fourth-order valence-electron chi connectivity index (χ4n) is 2.32. The van der Waals surface area contributed by atoms with E-state index in [4.69, 9.17) is 4.74 Å². The van der Waals surface area contributed by atoms with Gasteiger partial charge in [-0.25, -0.2) is 14.6 Å². The summed E-state index contributed by atoms with van der Waals surface area (Å²) in [5, 5.41) is 9.26. The summed E-state index contributed by atoms with van der Waals surface area (Å²) in [7, 11) is 0. The molecule has 1 amide bonds. The van der Waals surface area contributed by atoms with Gasteiger partial charge in [-0.1, -0.05) is 12.1 Å². The lowest BCUT2D eigenvalue weighted by Gasteiger charge is -2.26. The second kappa shape index (κ2) is 7.38. The summed E-state index contributed by atoms with van der Waals surface area (Å²) in [6, 6.07) is 4.90. The van der Waals surface area contributed by atoms with Crippen LogP contribution >= 0.6 is 0 Å². The van der Waals surface area contributed by atoms with Gasteiger partial charge in [0.2, 0.25) is 0 Å². The zero-order valence-electron chi connectivity index (χ0n) is 14.7. The van der Waals surface area contributed by atoms with Crippen molar-refractivity contribution in [1.29, 1.82) is 0 Å². The Morgan fingerprint density at radius 3 is 2.72 bits per heavy atom. The zero-order chi connectivity index (χ0) is 18.6. The van der Waals surface area contributed by atoms with Crippen molar-refractivity contribution in [1.82, 2.24) is 14.9 Å². The summed E-state index contributed by atoms with van der Waals surface area (Å²) in [5.74, 6) is -0.544. The number of para-hydroxylation sites is 1. The molecule has 0 fully saturated rings. The summed E-state index contributed by atoms with van der Waals surface area (Å²) in [4.78, 5) is 32.6. The highest BCUT2D eigenvalue weighted by atomic mass is 16.6. The van der Waals surface area contributed by atoms with Gasteiger partial charge in [-0.15, -0.1) is 6.58 Å². The maximum atomic E-state index is 12.4. The maximum Gasteiger partial charge on any atom is 0.410 e. The highest BCUT2D eigenvalue weighted by Crippen LogP contribution is 2.18. The number of hydrogen-bond donors (Lipinski definition) is 2. The van der Waals surface area contributed by atoms with Crippen LogP contribution in [0.5, 0.6) is 0 Å². The van der Waals surface area contributed by atoms with Gasteiger partial charge in [0.25, 0.3) is 0 Å². The number of rotatable bonds is 6. The number of carboxylic acids is 1. The van der Waals surface area contributed by atoms with E-state index in [2.05, 4.69) is 16.5 Å². The highest BCUT2D eigenvalue weighted by Gasteiger charge is 2.23. The number of nitrogens with zero attached hydrogens (tertiary/aromatic N) is 2. The van der Waals surface area contributed by atoms with Crippen LogP contribution in [0.3, 0.4) is 0 Å². The summed E-state index contributed by atoms with van der Waals surface area (Å²) in [6.07, 6.45) is 1.88. The molecule has 0 aliphatic heterocycles. The van der Waals surface area contributed by atoms with Crippen LogP contribution in [0.4, 0.5) is 4.79 Å². The second-order valence-electron chi connectivity index (χ2n) is 6.67. The molecule has 134 valence electrons. The number of carboxylic acid groups (broad SMARTS) is 1. The SMILES string of the molecule is C=CCCN(Cc1nc2c(C(=O)O)cccc2[nH]1)C(=O)OC(C)(C)C. The number of benzene rings is 1. The van der Waals surface area contributed by atoms with Crippen LogP contribution in [-0.2, 0) is 11.3 Å². The Hall–Kier alpha value is -2.83. The second-order valence-corrected chi connectivity index (χ2v) is 6.67. The van der Waals surface area contributed by atoms with Crippen LogP contribution in [0.15, 0.2) is 30.9 Å². The van der Waals surface area contributed by atoms with Gasteiger partial charge in [0.1, 0.15) is 16.9 Å². The molecule has 0 saturated carbocycles. The van der Waals surface area contributed by atoms with Crippen molar-refractivity contribution in [2.75, 3.05) is 6.54 Å². The number of ether oxygens (including phenoxy) is 1. The highest BCUT2D eigenvalue weighted by molar-refractivity contribution is 6.00. The summed E-state index contributed by atoms with van der Waals surface area (Å²) < 4.78 is 5.42. The number of aromatic amines is 1. The topological polar surface area (TPSA) is 95.5 Å². The normalized spacial score (nSPS) is 11.3. The third kappa shape index (κ3) is 4.82. The fourth-order valence-corrected chi connectivity index (χ4v) is 2.32. The molecule has 0 unspecified atom stereocenters. The Balaban J connectivity index is 2.27. The Morgan fingerprint density at radius 1 is 1.40 bits per heavy atom. The van der Waals surface area contributed by atoms with Crippen LogP contribution in [-0.4, -0.2) is 44.2 Å². The summed E-state index contributed by atoms with van der Waals surface area (Å²) in [6.45, 7) is 9.70. The Kier molecular flexibility index (Phi) is 5.46. The lowest BCUT2D eigenvalue weighted by atomic mass is 10.2. The van der Waals surface area contributed by atoms with E-state index >= 15 is 0 Å². The minimum atomic E-state index is -1.04. The van der Waals surface area contributed by atoms with Crippen molar-refractivity contribution in [3.63, 3.8) is 0 Å². The lowest BCUT2D eigenvalue weighted by Crippen LogP contribution is -2.37. The molecule has 1 aromatic heterocycles. The molecule has 0 bridgehead atoms. The first-order valence-electron chi connectivity index (χ1n) is 8.01. The number of H-pyrrole nitrogens is 1. The van der Waals surface area contributed by atoms with Crippen LogP contribution < -0.4 is 0 Å². The van der Waals surface area contributed by atoms with Gasteiger partial charge in [0, 0.05) is 6.54 Å². The van der Waals surface area contributed by atoms with Crippen molar-refractivity contribution in [3.05, 3.63) is 42.2 Å². The third-order valence-corrected chi connectivity index (χ3v) is 3.39. The van der Waals surface area contributed by atoms with Crippen molar-refractivity contribution < 1.29 is 19.4 Å². The first-order valence-corrected chi connectivity index (χ1v) is 8.01. The summed E-state index contributed by atoms with van der Waals surface area (Å²) in [5.41, 5.74) is 0.504. The molecule has 0 spiro atoms. The number of carbonyl (C=O) groups excluding carboxylic acids is 1. The van der Waals surface area contributed by atoms with Crippen LogP contribution in [0, 0.1) is 0 Å². The Bertz CT molecular complexity index is 789. The minimum absolute atomic E-state index is 0.120. The van der Waals surface area contributed by atoms with Crippen molar-refractivity contribution in [2.24, 2.45) is 0 Å². The van der Waals surface area contributed by atoms with Gasteiger partial charge in [-0.3, -0.25) is 0 Å². The van der Waals surface area contributed by atoms with Crippen LogP contribution in [0.2, 0.25) is 0 Å². The Morgan fingerprint density at radius 2 is 2.12 bits per heavy atom. The zero-order valence-corrected chi connectivity index (χ0v) is 14.7. The van der Waals surface area contributed by atoms with E-state index in [1.165, 1.54) is 11.0 Å². The molecule has 0 atom stereocenters. The van der Waals surface area contributed by atoms with Gasteiger partial charge in [-0.05, 0) is 39.3 Å². The quantitative estimate of drug-likeness (QED) is 0.780. The van der Waals surface area contributed by atoms with Crippen molar-refractivity contribution >= 4 is 23.1 Å². The number of fused-ring (bicyclic) bond motifs is 1. The number of aromatic nitrogens is 2. The predicted octanol–water partition coefficient (Wildman–Crippen LogP) is 3.57. The molecular weight excluding hydrogens is 322 g/mol. The first kappa shape index (κ1) is 18.5. The smallest absolute Gasteiger partial charge is 0.410 e. The average Bonchev–Trinajstić information content (AvgIpc) is 2.91. The molecule has 0 aliphatic carbocycles. The van der Waals surface area contributed by atoms with Crippen molar-refractivity contribution in [2.45, 2.75) is 39.3 Å². The molecule has 0 aliphatic rings. The largest absolute Gasteiger partial charge is 0.478 e. The fraction of sp³-hybridized carbons (Fsp3) is 0.389. The predicted molar refractivity (Wildman–Crippen MR) is 94.5 cm³/mol. The number of hydrogen-bond acceptors (Lipinski definition) is 4. The molecule has 2 N–H and O–H groups in total. The molecule has 0 radical (unpaired) electrons. The molecular formula is C18H23N3O4. The third-order valence-electron chi connectivity index (χ3n) is 3.39. The van der Waals surface area contributed by atoms with Gasteiger partial charge < -0.3 is 19.7 Å². The maximum absolute atomic E-state index is 12.4. The van der Waals surface area contributed by atoms with E-state index in [1.54, 1.807) is 39.0 Å². The summed E-state index contributed by atoms with van der Waals surface area (Å²) >= 11 is 0. The molecule has 7 nitrogen and oxygen atoms in total. The number of aromatic carboxylic acids is 1. The van der Waals surface area contributed by atoms with Gasteiger partial charge in [-0.2, -0.15) is 0 Å².